The Morgan fingerprint density at radius 1 is 1.14 bits per heavy atom. The van der Waals surface area contributed by atoms with Crippen LogP contribution >= 0.6 is 0 Å². The van der Waals surface area contributed by atoms with Crippen LogP contribution in [-0.4, -0.2) is 25.2 Å². The van der Waals surface area contributed by atoms with Crippen molar-refractivity contribution in [1.29, 1.82) is 0 Å². The van der Waals surface area contributed by atoms with Gasteiger partial charge in [-0.25, -0.2) is 0 Å². The number of nitrogens with one attached hydrogen (secondary N) is 1. The Morgan fingerprint density at radius 3 is 2.67 bits per heavy atom. The van der Waals surface area contributed by atoms with Crippen LogP contribution in [0.3, 0.4) is 0 Å². The van der Waals surface area contributed by atoms with Gasteiger partial charge in [0.05, 0.1) is 6.10 Å². The maximum atomic E-state index is 11.7. The summed E-state index contributed by atoms with van der Waals surface area (Å²) in [5, 5.41) is 2.97. The van der Waals surface area contributed by atoms with Gasteiger partial charge in [0.15, 0.2) is 0 Å². The SMILES string of the molecule is O=C(CCc1ccccc1)NCCCOC1CCCCC1. The Morgan fingerprint density at radius 2 is 1.90 bits per heavy atom. The summed E-state index contributed by atoms with van der Waals surface area (Å²) in [5.41, 5.74) is 1.22. The molecule has 0 heterocycles. The van der Waals surface area contributed by atoms with Gasteiger partial charge in [-0.3, -0.25) is 4.79 Å². The molecular weight excluding hydrogens is 262 g/mol. The Bertz CT molecular complexity index is 399. The van der Waals surface area contributed by atoms with E-state index in [1.807, 2.05) is 18.2 Å². The lowest BCUT2D eigenvalue weighted by Crippen LogP contribution is -2.26. The molecule has 0 aromatic heterocycles. The maximum absolute atomic E-state index is 11.7. The smallest absolute Gasteiger partial charge is 0.220 e. The number of ether oxygens (including phenoxy) is 1. The molecule has 2 rings (SSSR count). The van der Waals surface area contributed by atoms with E-state index in [-0.39, 0.29) is 5.91 Å². The topological polar surface area (TPSA) is 38.3 Å². The first-order valence-corrected chi connectivity index (χ1v) is 8.27. The largest absolute Gasteiger partial charge is 0.378 e. The van der Waals surface area contributed by atoms with Gasteiger partial charge in [0.2, 0.25) is 5.91 Å². The number of carbonyl (C=O) groups is 1. The van der Waals surface area contributed by atoms with Crippen LogP contribution in [0.15, 0.2) is 30.3 Å². The van der Waals surface area contributed by atoms with Gasteiger partial charge < -0.3 is 10.1 Å². The molecule has 1 aromatic carbocycles. The highest BCUT2D eigenvalue weighted by molar-refractivity contribution is 5.76. The third-order valence-corrected chi connectivity index (χ3v) is 4.03. The van der Waals surface area contributed by atoms with Gasteiger partial charge in [0.1, 0.15) is 0 Å². The second-order valence-electron chi connectivity index (χ2n) is 5.82. The third-order valence-electron chi connectivity index (χ3n) is 4.03. The summed E-state index contributed by atoms with van der Waals surface area (Å²) in [7, 11) is 0. The number of rotatable bonds is 8. The predicted molar refractivity (Wildman–Crippen MR) is 85.2 cm³/mol. The van der Waals surface area contributed by atoms with Crippen molar-refractivity contribution >= 4 is 5.91 Å². The highest BCUT2D eigenvalue weighted by Crippen LogP contribution is 2.20. The fourth-order valence-corrected chi connectivity index (χ4v) is 2.77. The number of aryl methyl sites for hydroxylation is 1. The van der Waals surface area contributed by atoms with Gasteiger partial charge in [-0.2, -0.15) is 0 Å². The summed E-state index contributed by atoms with van der Waals surface area (Å²) in [6.07, 6.45) is 9.14. The van der Waals surface area contributed by atoms with Crippen LogP contribution in [0, 0.1) is 0 Å². The Hall–Kier alpha value is -1.35. The zero-order valence-corrected chi connectivity index (χ0v) is 12.9. The lowest BCUT2D eigenvalue weighted by Gasteiger charge is -2.21. The average Bonchev–Trinajstić information content (AvgIpc) is 2.54. The van der Waals surface area contributed by atoms with Gasteiger partial charge in [-0.05, 0) is 31.2 Å². The molecule has 0 bridgehead atoms. The molecule has 1 aliphatic carbocycles. The highest BCUT2D eigenvalue weighted by Gasteiger charge is 2.13. The van der Waals surface area contributed by atoms with E-state index in [4.69, 9.17) is 4.74 Å². The average molecular weight is 289 g/mol. The summed E-state index contributed by atoms with van der Waals surface area (Å²) in [5.74, 6) is 0.136. The normalized spacial score (nSPS) is 15.8. The maximum Gasteiger partial charge on any atom is 0.220 e. The quantitative estimate of drug-likeness (QED) is 0.744. The van der Waals surface area contributed by atoms with Gasteiger partial charge >= 0.3 is 0 Å². The minimum atomic E-state index is 0.136. The summed E-state index contributed by atoms with van der Waals surface area (Å²) in [4.78, 5) is 11.7. The standard InChI is InChI=1S/C18H27NO2/c20-18(13-12-16-8-3-1-4-9-16)19-14-7-15-21-17-10-5-2-6-11-17/h1,3-4,8-9,17H,2,5-7,10-15H2,(H,19,20). The lowest BCUT2D eigenvalue weighted by molar-refractivity contribution is -0.121. The van der Waals surface area contributed by atoms with Crippen LogP contribution < -0.4 is 5.32 Å². The molecule has 3 nitrogen and oxygen atoms in total. The molecule has 1 fully saturated rings. The molecule has 0 unspecified atom stereocenters. The first kappa shape index (κ1) is 16.0. The Balaban J connectivity index is 1.47. The van der Waals surface area contributed by atoms with E-state index in [9.17, 15) is 4.79 Å². The van der Waals surface area contributed by atoms with Crippen LogP contribution in [0.5, 0.6) is 0 Å². The Labute approximate surface area is 128 Å². The van der Waals surface area contributed by atoms with E-state index >= 15 is 0 Å². The number of amides is 1. The highest BCUT2D eigenvalue weighted by atomic mass is 16.5. The van der Waals surface area contributed by atoms with Crippen molar-refractivity contribution in [3.63, 3.8) is 0 Å². The molecule has 1 saturated carbocycles. The van der Waals surface area contributed by atoms with E-state index < -0.39 is 0 Å². The third kappa shape index (κ3) is 6.76. The minimum absolute atomic E-state index is 0.136. The van der Waals surface area contributed by atoms with Crippen LogP contribution in [0.4, 0.5) is 0 Å². The van der Waals surface area contributed by atoms with Crippen molar-refractivity contribution in [2.45, 2.75) is 57.5 Å². The van der Waals surface area contributed by atoms with E-state index in [1.165, 1.54) is 37.7 Å². The zero-order chi connectivity index (χ0) is 14.8. The van der Waals surface area contributed by atoms with Crippen molar-refractivity contribution < 1.29 is 9.53 Å². The van der Waals surface area contributed by atoms with Crippen LogP contribution in [0.2, 0.25) is 0 Å². The minimum Gasteiger partial charge on any atom is -0.378 e. The fourth-order valence-electron chi connectivity index (χ4n) is 2.77. The molecule has 116 valence electrons. The molecule has 0 spiro atoms. The van der Waals surface area contributed by atoms with Crippen molar-refractivity contribution in [3.8, 4) is 0 Å². The molecule has 0 saturated heterocycles. The lowest BCUT2D eigenvalue weighted by atomic mass is 9.98. The van der Waals surface area contributed by atoms with Gasteiger partial charge in [0, 0.05) is 19.6 Å². The van der Waals surface area contributed by atoms with Crippen molar-refractivity contribution in [3.05, 3.63) is 35.9 Å². The second kappa shape index (κ2) is 9.56. The van der Waals surface area contributed by atoms with Gasteiger partial charge in [-0.15, -0.1) is 0 Å². The van der Waals surface area contributed by atoms with Crippen molar-refractivity contribution in [2.75, 3.05) is 13.2 Å². The molecule has 0 aliphatic heterocycles. The monoisotopic (exact) mass is 289 g/mol. The number of benzene rings is 1. The van der Waals surface area contributed by atoms with E-state index in [2.05, 4.69) is 17.4 Å². The van der Waals surface area contributed by atoms with E-state index in [1.54, 1.807) is 0 Å². The summed E-state index contributed by atoms with van der Waals surface area (Å²) in [6.45, 7) is 1.49. The number of hydrogen-bond acceptors (Lipinski definition) is 2. The molecule has 1 amide bonds. The molecule has 21 heavy (non-hydrogen) atoms. The molecule has 1 N–H and O–H groups in total. The van der Waals surface area contributed by atoms with Gasteiger partial charge in [-0.1, -0.05) is 49.6 Å². The van der Waals surface area contributed by atoms with E-state index in [0.29, 0.717) is 12.5 Å². The molecule has 0 radical (unpaired) electrons. The predicted octanol–water partition coefficient (Wildman–Crippen LogP) is 3.47. The van der Waals surface area contributed by atoms with Crippen LogP contribution in [-0.2, 0) is 16.0 Å². The van der Waals surface area contributed by atoms with Gasteiger partial charge in [0.25, 0.3) is 0 Å². The molecule has 3 heteroatoms. The zero-order valence-electron chi connectivity index (χ0n) is 12.9. The van der Waals surface area contributed by atoms with Crippen molar-refractivity contribution in [1.82, 2.24) is 5.32 Å². The summed E-state index contributed by atoms with van der Waals surface area (Å²) >= 11 is 0. The molecule has 1 aliphatic rings. The molecular formula is C18H27NO2. The molecule has 1 aromatic rings. The van der Waals surface area contributed by atoms with E-state index in [0.717, 1.165) is 26.0 Å². The number of carbonyl (C=O) groups excluding carboxylic acids is 1. The fraction of sp³-hybridized carbons (Fsp3) is 0.611. The number of hydrogen-bond donors (Lipinski definition) is 1. The first-order valence-electron chi connectivity index (χ1n) is 8.27. The summed E-state index contributed by atoms with van der Waals surface area (Å²) < 4.78 is 5.84. The van der Waals surface area contributed by atoms with Crippen molar-refractivity contribution in [2.24, 2.45) is 0 Å². The summed E-state index contributed by atoms with van der Waals surface area (Å²) in [6, 6.07) is 10.1. The first-order chi connectivity index (χ1) is 10.3. The van der Waals surface area contributed by atoms with Crippen LogP contribution in [0.1, 0.15) is 50.5 Å². The Kier molecular flexibility index (Phi) is 7.30. The second-order valence-corrected chi connectivity index (χ2v) is 5.82. The van der Waals surface area contributed by atoms with Crippen LogP contribution in [0.25, 0.3) is 0 Å². The molecule has 0 atom stereocenters.